The number of aromatic hydroxyl groups is 2. The molecule has 2 aromatic heterocycles. The summed E-state index contributed by atoms with van der Waals surface area (Å²) in [6.07, 6.45) is 2.10. The largest absolute Gasteiger partial charge is 0.508 e. The molecule has 113 heavy (non-hydrogen) atoms. The quantitative estimate of drug-likeness (QED) is 0.0547. The average molecular weight is 1600 g/mol. The third-order valence-electron chi connectivity index (χ3n) is 18.7. The molecule has 12 atom stereocenters. The molecule has 2 aliphatic rings. The maximum Gasteiger partial charge on any atom is 0.303 e. The van der Waals surface area contributed by atoms with E-state index in [0.29, 0.717) is 57.3 Å². The molecule has 0 radical (unpaired) electrons. The number of hydrogen-bond donors (Lipinski definition) is 18. The fourth-order valence-corrected chi connectivity index (χ4v) is 14.4. The van der Waals surface area contributed by atoms with E-state index in [1.807, 2.05) is 24.3 Å². The normalized spacial score (nSPS) is 23.6. The van der Waals surface area contributed by atoms with Gasteiger partial charge in [-0.2, -0.15) is 23.5 Å². The smallest absolute Gasteiger partial charge is 0.303 e. The molecule has 33 nitrogen and oxygen atoms in total. The second kappa shape index (κ2) is 43.8. The number of aliphatic carboxylic acids is 1. The first-order chi connectivity index (χ1) is 53.8. The predicted octanol–water partition coefficient (Wildman–Crippen LogP) is 0.936. The fraction of sp³-hybridized carbons (Fsp3) is 0.474. The van der Waals surface area contributed by atoms with Gasteiger partial charge in [-0.1, -0.05) is 108 Å². The number of fused-ring (bicyclic) bond motifs is 3. The zero-order chi connectivity index (χ0) is 82.5. The third kappa shape index (κ3) is 28.4. The number of aliphatic hydroxyl groups excluding tert-OH is 2. The van der Waals surface area contributed by atoms with Crippen LogP contribution in [0.25, 0.3) is 5.57 Å². The molecule has 610 valence electrons. The van der Waals surface area contributed by atoms with Crippen molar-refractivity contribution >= 4 is 106 Å². The number of primary amides is 1. The molecule has 3 heterocycles. The van der Waals surface area contributed by atoms with E-state index in [1.54, 1.807) is 59.0 Å². The highest BCUT2D eigenvalue weighted by atomic mass is 32.2. The minimum absolute atomic E-state index is 0.0273. The number of carbonyl (C=O) groups excluding carboxylic acids is 12. The standard InChI is InChI=1S/C78H103N15O18S2/c1-7-11-54-68(102)85-56(26-27-64(99)100)70(104)87-58(34-44-16-21-50(96)22-17-44)72(106)83-55(12-8-2)69(103)86-57(28-31-94)71(105)91-62(67(79)101)41-113-40-47-14-9-13-46(33-47)39-112-32-29-63(98)92-66(78(4,5)6)77(111)90-59(35-45-18-23-51(97)24-19-45)73(107)88-61(37-49-38-80-42-82-49)75(109)93-65(43(3)95)76(110)89-60(74(108)84-54)36-48-20-25-53-52(48)15-10-30-81-53/h9-10,13-24,30,33,38,42-43,54-62,65-66,94-97H,7-8,11-12,25-29,31-32,34-37,39-41H2,1-6H3,(H2,79,101)(H,80,82)(H,83,106)(H,84,108)(H,85,102)(H,86,103)(H,87,104)(H,88,107)(H,89,110)(H,90,111)(H,91,105)(H,92,98)(H,93,109)(H,99,100)/t43-,54+,55+,56+,57+,58+,59+,60+,61+,62+,65+,66-/m1/s1. The zero-order valence-corrected chi connectivity index (χ0v) is 65.5. The number of imidazole rings is 1. The molecule has 0 unspecified atom stereocenters. The first kappa shape index (κ1) is 89.3. The Morgan fingerprint density at radius 2 is 1.04 bits per heavy atom. The lowest BCUT2D eigenvalue weighted by Crippen LogP contribution is -2.62. The highest BCUT2D eigenvalue weighted by molar-refractivity contribution is 7.98. The van der Waals surface area contributed by atoms with Crippen LogP contribution in [0.5, 0.6) is 11.5 Å². The maximum atomic E-state index is 15.1. The van der Waals surface area contributed by atoms with E-state index >= 15 is 4.79 Å². The predicted molar refractivity (Wildman–Crippen MR) is 420 cm³/mol. The van der Waals surface area contributed by atoms with Gasteiger partial charge in [0.05, 0.1) is 18.1 Å². The summed E-state index contributed by atoms with van der Waals surface area (Å²) in [6, 6.07) is 5.27. The molecule has 5 aromatic rings. The lowest BCUT2D eigenvalue weighted by atomic mass is 9.85. The van der Waals surface area contributed by atoms with E-state index < -0.39 is 174 Å². The van der Waals surface area contributed by atoms with Crippen molar-refractivity contribution in [2.75, 3.05) is 18.1 Å². The summed E-state index contributed by atoms with van der Waals surface area (Å²) in [7, 11) is 0. The van der Waals surface area contributed by atoms with Crippen LogP contribution in [0.4, 0.5) is 0 Å². The molecule has 0 saturated heterocycles. The summed E-state index contributed by atoms with van der Waals surface area (Å²) in [4.78, 5) is 197. The lowest BCUT2D eigenvalue weighted by molar-refractivity contribution is -0.139. The van der Waals surface area contributed by atoms with Crippen molar-refractivity contribution in [2.24, 2.45) is 11.1 Å². The number of allylic oxidation sites excluding steroid dienone is 1. The minimum atomic E-state index is -1.89. The number of amides is 12. The van der Waals surface area contributed by atoms with Crippen LogP contribution in [0.3, 0.4) is 0 Å². The van der Waals surface area contributed by atoms with Gasteiger partial charge in [-0.05, 0) is 102 Å². The van der Waals surface area contributed by atoms with Crippen LogP contribution in [0.1, 0.15) is 139 Å². The van der Waals surface area contributed by atoms with Gasteiger partial charge in [0.2, 0.25) is 70.9 Å². The summed E-state index contributed by atoms with van der Waals surface area (Å²) in [5, 5.41) is 81.0. The van der Waals surface area contributed by atoms with Crippen LogP contribution in [-0.4, -0.2) is 208 Å². The summed E-state index contributed by atoms with van der Waals surface area (Å²) in [5.74, 6) is -11.7. The van der Waals surface area contributed by atoms with E-state index in [0.717, 1.165) is 11.1 Å². The van der Waals surface area contributed by atoms with Crippen LogP contribution >= 0.6 is 23.5 Å². The van der Waals surface area contributed by atoms with E-state index in [1.165, 1.54) is 91.5 Å². The number of carboxylic acids is 1. The van der Waals surface area contributed by atoms with E-state index in [2.05, 4.69) is 73.4 Å². The number of aromatic amines is 1. The van der Waals surface area contributed by atoms with Gasteiger partial charge >= 0.3 is 5.97 Å². The van der Waals surface area contributed by atoms with Crippen LogP contribution in [0, 0.1) is 5.41 Å². The number of hydrogen-bond acceptors (Lipinski definition) is 21. The molecule has 7 rings (SSSR count). The van der Waals surface area contributed by atoms with Gasteiger partial charge in [-0.3, -0.25) is 67.3 Å². The Kier molecular flexibility index (Phi) is 34.6. The lowest BCUT2D eigenvalue weighted by Gasteiger charge is -2.32. The van der Waals surface area contributed by atoms with Crippen molar-refractivity contribution in [3.63, 3.8) is 0 Å². The van der Waals surface area contributed by atoms with Gasteiger partial charge < -0.3 is 94.7 Å². The Labute approximate surface area is 662 Å². The fourth-order valence-electron chi connectivity index (χ4n) is 12.5. The summed E-state index contributed by atoms with van der Waals surface area (Å²) >= 11 is 2.70. The third-order valence-corrected chi connectivity index (χ3v) is 20.8. The second-order valence-electron chi connectivity index (χ2n) is 28.9. The Morgan fingerprint density at radius 1 is 0.566 bits per heavy atom. The zero-order valence-electron chi connectivity index (χ0n) is 63.9. The monoisotopic (exact) mass is 1600 g/mol. The van der Waals surface area contributed by atoms with Crippen LogP contribution in [-0.2, 0) is 99.5 Å². The number of aliphatic hydroxyl groups is 2. The molecule has 35 heteroatoms. The average Bonchev–Trinajstić information content (AvgIpc) is 1.60. The first-order valence-electron chi connectivity index (χ1n) is 37.4. The number of phenols is 2. The van der Waals surface area contributed by atoms with Crippen LogP contribution < -0.4 is 64.2 Å². The molecule has 0 fully saturated rings. The van der Waals surface area contributed by atoms with Crippen molar-refractivity contribution in [1.82, 2.24) is 73.4 Å². The number of benzene rings is 3. The van der Waals surface area contributed by atoms with Gasteiger partial charge in [-0.15, -0.1) is 0 Å². The molecular weight excluding hydrogens is 1500 g/mol. The second-order valence-corrected chi connectivity index (χ2v) is 31.0. The highest BCUT2D eigenvalue weighted by Gasteiger charge is 2.40. The molecule has 1 aliphatic heterocycles. The number of carboxylic acid groups (broad SMARTS) is 1. The van der Waals surface area contributed by atoms with Crippen molar-refractivity contribution in [3.8, 4) is 11.5 Å². The topological polar surface area (TPSA) is 523 Å². The van der Waals surface area contributed by atoms with Gasteiger partial charge in [0.1, 0.15) is 78.0 Å². The Morgan fingerprint density at radius 3 is 1.55 bits per heavy atom. The molecule has 3 aromatic carbocycles. The van der Waals surface area contributed by atoms with Gasteiger partial charge in [0.25, 0.3) is 0 Å². The number of H-pyrrole nitrogens is 1. The summed E-state index contributed by atoms with van der Waals surface area (Å²) < 4.78 is 0. The van der Waals surface area contributed by atoms with Crippen molar-refractivity contribution < 1.29 is 87.9 Å². The SMILES string of the molecule is CCC[C@@H]1NC(=O)[C@H](Cc2ccc(O)cc2)NC(=O)[C@H](CCC(=O)O)NC(=O)[C@H](CCC)NC(=O)[C@H](CC2=CCc3ncccc32)NC(=O)[C@H]([C@@H](C)O)NC(=O)[C@H](Cc2cnc[nH]2)NC(=O)[C@H](Cc2ccc(O)cc2)NC(=O)[C@H](C(C)(C)C)NC(=O)CCSCc2cccc(c2)CSC[C@@H](C(N)=O)NC(=O)[C@H](CCO)NC1=O. The number of aromatic nitrogens is 3. The molecule has 0 saturated carbocycles. The Balaban J connectivity index is 1.24. The number of pyridine rings is 1. The van der Waals surface area contributed by atoms with Gasteiger partial charge in [0, 0.05) is 92.7 Å². The van der Waals surface area contributed by atoms with E-state index in [-0.39, 0.29) is 81.5 Å². The van der Waals surface area contributed by atoms with Crippen molar-refractivity contribution in [3.05, 3.63) is 149 Å². The van der Waals surface area contributed by atoms with Gasteiger partial charge in [0.15, 0.2) is 0 Å². The minimum Gasteiger partial charge on any atom is -0.508 e. The molecule has 2 bridgehead atoms. The number of thioether (sulfide) groups is 2. The molecule has 12 amide bonds. The molecule has 19 N–H and O–H groups in total. The van der Waals surface area contributed by atoms with Gasteiger partial charge in [-0.25, -0.2) is 4.98 Å². The molecular formula is C78H103N15O18S2. The van der Waals surface area contributed by atoms with E-state index in [9.17, 15) is 83.1 Å². The number of carbonyl (C=O) groups is 13. The first-order valence-corrected chi connectivity index (χ1v) is 39.7. The molecule has 1 aliphatic carbocycles. The van der Waals surface area contributed by atoms with E-state index in [4.69, 9.17) is 5.73 Å². The van der Waals surface area contributed by atoms with Crippen LogP contribution in [0.15, 0.2) is 110 Å². The highest BCUT2D eigenvalue weighted by Crippen LogP contribution is 2.30. The van der Waals surface area contributed by atoms with Crippen LogP contribution in [0.2, 0.25) is 0 Å². The number of phenolic OH excluding ortho intramolecular Hbond substituents is 2. The molecule has 0 spiro atoms. The Hall–Kier alpha value is -10.9. The number of nitrogens with one attached hydrogen (secondary N) is 12. The van der Waals surface area contributed by atoms with Crippen molar-refractivity contribution in [1.29, 1.82) is 0 Å². The Bertz CT molecular complexity index is 4160. The number of rotatable bonds is 19. The maximum absolute atomic E-state index is 15.1. The van der Waals surface area contributed by atoms with Crippen molar-refractivity contribution in [2.45, 2.75) is 209 Å². The number of nitrogens with two attached hydrogens (primary N) is 1. The summed E-state index contributed by atoms with van der Waals surface area (Å²) in [5.41, 5.74) is 9.47. The number of nitrogens with zero attached hydrogens (tertiary/aromatic N) is 2. The summed E-state index contributed by atoms with van der Waals surface area (Å²) in [6.45, 7) is 9.08.